The lowest BCUT2D eigenvalue weighted by Gasteiger charge is -2.14. The molecule has 1 fully saturated rings. The van der Waals surface area contributed by atoms with E-state index in [1.54, 1.807) is 12.3 Å². The van der Waals surface area contributed by atoms with Gasteiger partial charge in [0.25, 0.3) is 0 Å². The van der Waals surface area contributed by atoms with E-state index in [-0.39, 0.29) is 0 Å². The van der Waals surface area contributed by atoms with Gasteiger partial charge in [-0.15, -0.1) is 0 Å². The summed E-state index contributed by atoms with van der Waals surface area (Å²) in [6, 6.07) is 1.79. The summed E-state index contributed by atoms with van der Waals surface area (Å²) in [7, 11) is 0. The molecule has 1 aliphatic rings. The van der Waals surface area contributed by atoms with Crippen LogP contribution in [0.15, 0.2) is 12.3 Å². The van der Waals surface area contributed by atoms with Gasteiger partial charge in [-0.25, -0.2) is 4.98 Å². The molecule has 0 radical (unpaired) electrons. The summed E-state index contributed by atoms with van der Waals surface area (Å²) >= 11 is 0. The van der Waals surface area contributed by atoms with Crippen LogP contribution in [0.25, 0.3) is 0 Å². The maximum absolute atomic E-state index is 5.78. The van der Waals surface area contributed by atoms with Crippen LogP contribution in [0.2, 0.25) is 0 Å². The third kappa shape index (κ3) is 2.85. The zero-order chi connectivity index (χ0) is 11.4. The van der Waals surface area contributed by atoms with Gasteiger partial charge < -0.3 is 10.5 Å². The van der Waals surface area contributed by atoms with Crippen molar-refractivity contribution in [3.8, 4) is 5.88 Å². The quantitative estimate of drug-likeness (QED) is 0.836. The molecular weight excluding hydrogens is 202 g/mol. The Labute approximate surface area is 96.4 Å². The van der Waals surface area contributed by atoms with E-state index in [0.717, 1.165) is 17.8 Å². The second kappa shape index (κ2) is 5.16. The van der Waals surface area contributed by atoms with Gasteiger partial charge in [-0.2, -0.15) is 0 Å². The predicted molar refractivity (Wildman–Crippen MR) is 64.6 cm³/mol. The maximum Gasteiger partial charge on any atom is 0.215 e. The minimum atomic E-state index is 0.627. The van der Waals surface area contributed by atoms with Crippen LogP contribution in [0.3, 0.4) is 0 Å². The third-order valence-electron chi connectivity index (χ3n) is 2.98. The van der Waals surface area contributed by atoms with E-state index in [2.05, 4.69) is 9.88 Å². The SMILES string of the molecule is Cc1cnc(OCCN2CCCC2)cc1N. The summed E-state index contributed by atoms with van der Waals surface area (Å²) in [5.74, 6) is 0.627. The largest absolute Gasteiger partial charge is 0.476 e. The van der Waals surface area contributed by atoms with Gasteiger partial charge in [0.2, 0.25) is 5.88 Å². The van der Waals surface area contributed by atoms with Crippen LogP contribution in [0, 0.1) is 6.92 Å². The van der Waals surface area contributed by atoms with Crippen molar-refractivity contribution >= 4 is 5.69 Å². The molecule has 0 bridgehead atoms. The predicted octanol–water partition coefficient (Wildman–Crippen LogP) is 1.45. The van der Waals surface area contributed by atoms with Crippen molar-refractivity contribution in [3.63, 3.8) is 0 Å². The first kappa shape index (κ1) is 11.2. The van der Waals surface area contributed by atoms with E-state index in [4.69, 9.17) is 10.5 Å². The zero-order valence-corrected chi connectivity index (χ0v) is 9.78. The minimum absolute atomic E-state index is 0.627. The number of nitrogen functional groups attached to an aromatic ring is 1. The van der Waals surface area contributed by atoms with Crippen LogP contribution >= 0.6 is 0 Å². The van der Waals surface area contributed by atoms with Crippen LogP contribution in [0.1, 0.15) is 18.4 Å². The molecule has 4 nitrogen and oxygen atoms in total. The van der Waals surface area contributed by atoms with Gasteiger partial charge in [0.15, 0.2) is 0 Å². The van der Waals surface area contributed by atoms with Crippen LogP contribution in [0.5, 0.6) is 5.88 Å². The van der Waals surface area contributed by atoms with E-state index in [1.807, 2.05) is 6.92 Å². The maximum atomic E-state index is 5.78. The van der Waals surface area contributed by atoms with Crippen molar-refractivity contribution in [1.29, 1.82) is 0 Å². The topological polar surface area (TPSA) is 51.4 Å². The molecule has 2 heterocycles. The average molecular weight is 221 g/mol. The Morgan fingerprint density at radius 1 is 1.44 bits per heavy atom. The zero-order valence-electron chi connectivity index (χ0n) is 9.78. The fourth-order valence-corrected chi connectivity index (χ4v) is 1.88. The highest BCUT2D eigenvalue weighted by atomic mass is 16.5. The lowest BCUT2D eigenvalue weighted by atomic mass is 10.3. The first-order chi connectivity index (χ1) is 7.75. The molecule has 0 aliphatic carbocycles. The van der Waals surface area contributed by atoms with Crippen LogP contribution in [0.4, 0.5) is 5.69 Å². The normalized spacial score (nSPS) is 16.6. The number of nitrogens with two attached hydrogens (primary N) is 1. The van der Waals surface area contributed by atoms with E-state index in [9.17, 15) is 0 Å². The van der Waals surface area contributed by atoms with Crippen molar-refractivity contribution in [2.24, 2.45) is 0 Å². The van der Waals surface area contributed by atoms with Crippen molar-refractivity contribution in [1.82, 2.24) is 9.88 Å². The molecule has 1 aromatic heterocycles. The molecule has 1 saturated heterocycles. The Balaban J connectivity index is 1.78. The van der Waals surface area contributed by atoms with Gasteiger partial charge >= 0.3 is 0 Å². The molecule has 1 aliphatic heterocycles. The van der Waals surface area contributed by atoms with Crippen LogP contribution in [-0.4, -0.2) is 36.1 Å². The average Bonchev–Trinajstić information content (AvgIpc) is 2.76. The van der Waals surface area contributed by atoms with Crippen molar-refractivity contribution in [3.05, 3.63) is 17.8 Å². The van der Waals surface area contributed by atoms with Crippen LogP contribution < -0.4 is 10.5 Å². The number of rotatable bonds is 4. The summed E-state index contributed by atoms with van der Waals surface area (Å²) in [5.41, 5.74) is 7.52. The van der Waals surface area contributed by atoms with E-state index in [0.29, 0.717) is 12.5 Å². The second-order valence-corrected chi connectivity index (χ2v) is 4.28. The molecule has 1 aromatic rings. The Morgan fingerprint density at radius 3 is 2.88 bits per heavy atom. The van der Waals surface area contributed by atoms with Gasteiger partial charge in [-0.05, 0) is 38.4 Å². The van der Waals surface area contributed by atoms with Gasteiger partial charge in [-0.1, -0.05) is 0 Å². The van der Waals surface area contributed by atoms with Gasteiger partial charge in [0.1, 0.15) is 6.61 Å². The van der Waals surface area contributed by atoms with Crippen LogP contribution in [-0.2, 0) is 0 Å². The van der Waals surface area contributed by atoms with Crippen molar-refractivity contribution in [2.45, 2.75) is 19.8 Å². The molecule has 0 saturated carbocycles. The molecule has 4 heteroatoms. The molecule has 88 valence electrons. The van der Waals surface area contributed by atoms with Gasteiger partial charge in [-0.3, -0.25) is 4.90 Å². The first-order valence-corrected chi connectivity index (χ1v) is 5.83. The third-order valence-corrected chi connectivity index (χ3v) is 2.98. The second-order valence-electron chi connectivity index (χ2n) is 4.28. The van der Waals surface area contributed by atoms with E-state index in [1.165, 1.54) is 25.9 Å². The number of hydrogen-bond donors (Lipinski definition) is 1. The Morgan fingerprint density at radius 2 is 2.19 bits per heavy atom. The fourth-order valence-electron chi connectivity index (χ4n) is 1.88. The van der Waals surface area contributed by atoms with Gasteiger partial charge in [0, 0.05) is 24.5 Å². The summed E-state index contributed by atoms with van der Waals surface area (Å²) in [5, 5.41) is 0. The molecule has 2 rings (SSSR count). The lowest BCUT2D eigenvalue weighted by Crippen LogP contribution is -2.25. The molecule has 0 atom stereocenters. The summed E-state index contributed by atoms with van der Waals surface area (Å²) in [4.78, 5) is 6.60. The number of nitrogens with zero attached hydrogens (tertiary/aromatic N) is 2. The molecular formula is C12H19N3O. The first-order valence-electron chi connectivity index (χ1n) is 5.83. The van der Waals surface area contributed by atoms with Crippen molar-refractivity contribution in [2.75, 3.05) is 32.0 Å². The number of aryl methyl sites for hydroxylation is 1. The highest BCUT2D eigenvalue weighted by Crippen LogP contribution is 2.15. The highest BCUT2D eigenvalue weighted by Gasteiger charge is 2.10. The van der Waals surface area contributed by atoms with E-state index >= 15 is 0 Å². The monoisotopic (exact) mass is 221 g/mol. The molecule has 0 aromatic carbocycles. The summed E-state index contributed by atoms with van der Waals surface area (Å²) < 4.78 is 5.57. The number of aromatic nitrogens is 1. The highest BCUT2D eigenvalue weighted by molar-refractivity contribution is 5.47. The Bertz CT molecular complexity index is 348. The minimum Gasteiger partial charge on any atom is -0.476 e. The molecule has 16 heavy (non-hydrogen) atoms. The van der Waals surface area contributed by atoms with Gasteiger partial charge in [0.05, 0.1) is 0 Å². The number of pyridine rings is 1. The lowest BCUT2D eigenvalue weighted by molar-refractivity contribution is 0.232. The summed E-state index contributed by atoms with van der Waals surface area (Å²) in [6.07, 6.45) is 4.38. The standard InChI is InChI=1S/C12H19N3O/c1-10-9-14-12(8-11(10)13)16-7-6-15-4-2-3-5-15/h8-9H,2-7H2,1H3,(H2,13,14). The Hall–Kier alpha value is -1.29. The van der Waals surface area contributed by atoms with Crippen molar-refractivity contribution < 1.29 is 4.74 Å². The summed E-state index contributed by atoms with van der Waals surface area (Å²) in [6.45, 7) is 6.01. The number of ether oxygens (including phenoxy) is 1. The molecule has 0 unspecified atom stereocenters. The molecule has 2 N–H and O–H groups in total. The smallest absolute Gasteiger partial charge is 0.215 e. The molecule has 0 amide bonds. The number of anilines is 1. The Kier molecular flexibility index (Phi) is 3.62. The number of hydrogen-bond acceptors (Lipinski definition) is 4. The number of likely N-dealkylation sites (tertiary alicyclic amines) is 1. The van der Waals surface area contributed by atoms with E-state index < -0.39 is 0 Å². The fraction of sp³-hybridized carbons (Fsp3) is 0.583. The molecule has 0 spiro atoms.